The minimum atomic E-state index is -0.417. The Balaban J connectivity index is 1.27. The standard InChI is InChI=1S/C27H35N7O4/c1-20-6-8-34(9-7-20)26-22(29-27(36)23-4-2-21(18-28)38-23)3-5-24(30-26)32-10-12-33(13-11-32)25(35)19-31-14-16-37-17-15-31/h2-5,20H,6-17,19H2,1H3,(H,29,36). The monoisotopic (exact) mass is 521 g/mol. The summed E-state index contributed by atoms with van der Waals surface area (Å²) in [6, 6.07) is 8.68. The van der Waals surface area contributed by atoms with Gasteiger partial charge in [0.2, 0.25) is 11.7 Å². The van der Waals surface area contributed by atoms with Crippen molar-refractivity contribution in [2.45, 2.75) is 19.8 Å². The predicted molar refractivity (Wildman–Crippen MR) is 142 cm³/mol. The van der Waals surface area contributed by atoms with Crippen LogP contribution < -0.4 is 15.1 Å². The van der Waals surface area contributed by atoms with E-state index in [9.17, 15) is 9.59 Å². The molecule has 0 aliphatic carbocycles. The second-order valence-corrected chi connectivity index (χ2v) is 10.2. The lowest BCUT2D eigenvalue weighted by Gasteiger charge is -2.38. The first-order chi connectivity index (χ1) is 18.5. The number of piperidine rings is 1. The number of carbonyl (C=O) groups is 2. The van der Waals surface area contributed by atoms with Crippen molar-refractivity contribution in [2.24, 2.45) is 5.92 Å². The first kappa shape index (κ1) is 26.0. The molecule has 5 rings (SSSR count). The number of hydrogen-bond donors (Lipinski definition) is 1. The summed E-state index contributed by atoms with van der Waals surface area (Å²) in [5.41, 5.74) is 0.613. The molecule has 0 saturated carbocycles. The van der Waals surface area contributed by atoms with E-state index in [1.807, 2.05) is 23.1 Å². The lowest BCUT2D eigenvalue weighted by atomic mass is 9.99. The molecule has 11 heteroatoms. The van der Waals surface area contributed by atoms with Gasteiger partial charge in [0.05, 0.1) is 25.4 Å². The maximum atomic E-state index is 12.8. The van der Waals surface area contributed by atoms with Crippen LogP contribution in [0.5, 0.6) is 0 Å². The van der Waals surface area contributed by atoms with E-state index in [1.54, 1.807) is 0 Å². The smallest absolute Gasteiger partial charge is 0.291 e. The molecule has 3 saturated heterocycles. The fourth-order valence-corrected chi connectivity index (χ4v) is 5.11. The Morgan fingerprint density at radius 2 is 1.74 bits per heavy atom. The van der Waals surface area contributed by atoms with Crippen molar-refractivity contribution < 1.29 is 18.7 Å². The Hall–Kier alpha value is -3.62. The third-order valence-electron chi connectivity index (χ3n) is 7.55. The number of hydrogen-bond acceptors (Lipinski definition) is 9. The van der Waals surface area contributed by atoms with Crippen molar-refractivity contribution in [1.82, 2.24) is 14.8 Å². The Bertz CT molecular complexity index is 1170. The van der Waals surface area contributed by atoms with E-state index in [0.29, 0.717) is 57.5 Å². The zero-order valence-electron chi connectivity index (χ0n) is 21.9. The number of rotatable bonds is 6. The number of pyridine rings is 1. The number of anilines is 3. The van der Waals surface area contributed by atoms with E-state index < -0.39 is 5.91 Å². The van der Waals surface area contributed by atoms with Gasteiger partial charge in [0.1, 0.15) is 11.9 Å². The number of piperazine rings is 1. The molecular weight excluding hydrogens is 486 g/mol. The summed E-state index contributed by atoms with van der Waals surface area (Å²) in [6.07, 6.45) is 2.12. The normalized spacial score (nSPS) is 19.3. The van der Waals surface area contributed by atoms with Crippen LogP contribution in [0.4, 0.5) is 17.3 Å². The summed E-state index contributed by atoms with van der Waals surface area (Å²) < 4.78 is 10.7. The second-order valence-electron chi connectivity index (χ2n) is 10.2. The van der Waals surface area contributed by atoms with Gasteiger partial charge >= 0.3 is 0 Å². The number of furan rings is 1. The molecule has 2 aromatic heterocycles. The second kappa shape index (κ2) is 11.8. The quantitative estimate of drug-likeness (QED) is 0.609. The fraction of sp³-hybridized carbons (Fsp3) is 0.556. The van der Waals surface area contributed by atoms with Crippen molar-refractivity contribution >= 4 is 29.1 Å². The van der Waals surface area contributed by atoms with Gasteiger partial charge in [-0.25, -0.2) is 4.98 Å². The molecule has 2 amide bonds. The van der Waals surface area contributed by atoms with Gasteiger partial charge in [0, 0.05) is 52.4 Å². The highest BCUT2D eigenvalue weighted by Crippen LogP contribution is 2.31. The third-order valence-corrected chi connectivity index (χ3v) is 7.55. The van der Waals surface area contributed by atoms with Crippen molar-refractivity contribution in [1.29, 1.82) is 5.26 Å². The Kier molecular flexibility index (Phi) is 8.10. The SMILES string of the molecule is CC1CCN(c2nc(N3CCN(C(=O)CN4CCOCC4)CC3)ccc2NC(=O)c2ccc(C#N)o2)CC1. The fourth-order valence-electron chi connectivity index (χ4n) is 5.11. The number of ether oxygens (including phenoxy) is 1. The topological polar surface area (TPSA) is 118 Å². The van der Waals surface area contributed by atoms with Gasteiger partial charge in [-0.15, -0.1) is 0 Å². The van der Waals surface area contributed by atoms with Gasteiger partial charge in [-0.05, 0) is 43.0 Å². The zero-order valence-corrected chi connectivity index (χ0v) is 21.9. The summed E-state index contributed by atoms with van der Waals surface area (Å²) in [5, 5.41) is 11.9. The van der Waals surface area contributed by atoms with Crippen LogP contribution in [0, 0.1) is 17.2 Å². The van der Waals surface area contributed by atoms with Crippen LogP contribution in [-0.2, 0) is 9.53 Å². The average Bonchev–Trinajstić information content (AvgIpc) is 3.44. The highest BCUT2D eigenvalue weighted by Gasteiger charge is 2.26. The summed E-state index contributed by atoms with van der Waals surface area (Å²) >= 11 is 0. The minimum absolute atomic E-state index is 0.0849. The molecule has 5 heterocycles. The maximum absolute atomic E-state index is 12.8. The first-order valence-corrected chi connectivity index (χ1v) is 13.4. The number of carbonyl (C=O) groups excluding carboxylic acids is 2. The average molecular weight is 522 g/mol. The van der Waals surface area contributed by atoms with Crippen LogP contribution in [0.25, 0.3) is 0 Å². The highest BCUT2D eigenvalue weighted by atomic mass is 16.5. The lowest BCUT2D eigenvalue weighted by Crippen LogP contribution is -2.52. The number of aromatic nitrogens is 1. The van der Waals surface area contributed by atoms with Crippen LogP contribution in [0.3, 0.4) is 0 Å². The Morgan fingerprint density at radius 3 is 2.42 bits per heavy atom. The van der Waals surface area contributed by atoms with Crippen LogP contribution in [0.1, 0.15) is 36.1 Å². The molecule has 202 valence electrons. The molecule has 0 spiro atoms. The number of nitriles is 1. The number of nitrogens with one attached hydrogen (secondary N) is 1. The Morgan fingerprint density at radius 1 is 1.00 bits per heavy atom. The molecule has 0 atom stereocenters. The molecule has 3 aliphatic rings. The van der Waals surface area contributed by atoms with Crippen LogP contribution in [0.15, 0.2) is 28.7 Å². The van der Waals surface area contributed by atoms with Gasteiger partial charge in [-0.1, -0.05) is 6.92 Å². The molecule has 0 aromatic carbocycles. The molecule has 3 fully saturated rings. The van der Waals surface area contributed by atoms with E-state index >= 15 is 0 Å². The summed E-state index contributed by atoms with van der Waals surface area (Å²) in [5.74, 6) is 2.15. The van der Waals surface area contributed by atoms with Gasteiger partial charge in [0.15, 0.2) is 11.6 Å². The van der Waals surface area contributed by atoms with Crippen molar-refractivity contribution in [2.75, 3.05) is 87.2 Å². The van der Waals surface area contributed by atoms with E-state index in [-0.39, 0.29) is 17.4 Å². The van der Waals surface area contributed by atoms with Crippen molar-refractivity contribution in [3.8, 4) is 6.07 Å². The van der Waals surface area contributed by atoms with E-state index in [2.05, 4.69) is 26.9 Å². The Labute approximate surface area is 222 Å². The molecule has 3 aliphatic heterocycles. The van der Waals surface area contributed by atoms with Crippen molar-refractivity contribution in [3.63, 3.8) is 0 Å². The molecule has 1 N–H and O–H groups in total. The van der Waals surface area contributed by atoms with Crippen molar-refractivity contribution in [3.05, 3.63) is 35.8 Å². The molecular formula is C27H35N7O4. The summed E-state index contributed by atoms with van der Waals surface area (Å²) in [7, 11) is 0. The van der Waals surface area contributed by atoms with Gasteiger partial charge in [-0.3, -0.25) is 14.5 Å². The summed E-state index contributed by atoms with van der Waals surface area (Å²) in [6.45, 7) is 10.1. The van der Waals surface area contributed by atoms with Gasteiger partial charge < -0.3 is 29.2 Å². The van der Waals surface area contributed by atoms with E-state index in [4.69, 9.17) is 19.4 Å². The number of morpholine rings is 1. The molecule has 11 nitrogen and oxygen atoms in total. The minimum Gasteiger partial charge on any atom is -0.440 e. The summed E-state index contributed by atoms with van der Waals surface area (Å²) in [4.78, 5) is 39.2. The largest absolute Gasteiger partial charge is 0.440 e. The number of nitrogens with zero attached hydrogens (tertiary/aromatic N) is 6. The van der Waals surface area contributed by atoms with Gasteiger partial charge in [0.25, 0.3) is 5.91 Å². The predicted octanol–water partition coefficient (Wildman–Crippen LogP) is 2.02. The molecule has 0 radical (unpaired) electrons. The highest BCUT2D eigenvalue weighted by molar-refractivity contribution is 6.04. The zero-order chi connectivity index (χ0) is 26.5. The molecule has 0 bridgehead atoms. The van der Waals surface area contributed by atoms with Crippen LogP contribution in [-0.4, -0.2) is 98.7 Å². The first-order valence-electron chi connectivity index (χ1n) is 13.4. The third kappa shape index (κ3) is 6.09. The molecule has 38 heavy (non-hydrogen) atoms. The lowest BCUT2D eigenvalue weighted by molar-refractivity contribution is -0.133. The van der Waals surface area contributed by atoms with E-state index in [1.165, 1.54) is 12.1 Å². The van der Waals surface area contributed by atoms with Crippen LogP contribution in [0.2, 0.25) is 0 Å². The number of amides is 2. The molecule has 2 aromatic rings. The van der Waals surface area contributed by atoms with Gasteiger partial charge in [-0.2, -0.15) is 5.26 Å². The maximum Gasteiger partial charge on any atom is 0.291 e. The van der Waals surface area contributed by atoms with Crippen LogP contribution >= 0.6 is 0 Å². The van der Waals surface area contributed by atoms with E-state index in [0.717, 1.165) is 50.7 Å². The molecule has 0 unspecified atom stereocenters.